The summed E-state index contributed by atoms with van der Waals surface area (Å²) in [5.74, 6) is 1.14. The van der Waals surface area contributed by atoms with Crippen molar-refractivity contribution in [2.75, 3.05) is 54.9 Å². The molecule has 224 valence electrons. The first-order chi connectivity index (χ1) is 20.8. The number of carbonyl (C=O) groups is 1. The number of morpholine rings is 1. The molecule has 1 aromatic carbocycles. The second kappa shape index (κ2) is 12.0. The van der Waals surface area contributed by atoms with E-state index in [1.807, 2.05) is 0 Å². The Morgan fingerprint density at radius 2 is 1.77 bits per heavy atom. The number of para-hydroxylation sites is 1. The molecule has 14 heteroatoms. The molecule has 0 saturated carbocycles. The van der Waals surface area contributed by atoms with Gasteiger partial charge in [0.15, 0.2) is 11.6 Å². The number of nitrogens with one attached hydrogen (secondary N) is 1. The van der Waals surface area contributed by atoms with Crippen molar-refractivity contribution < 1.29 is 9.53 Å². The summed E-state index contributed by atoms with van der Waals surface area (Å²) >= 11 is 6.35. The number of aromatic nitrogens is 6. The number of hydrogen-bond acceptors (Lipinski definition) is 10. The van der Waals surface area contributed by atoms with Gasteiger partial charge in [-0.3, -0.25) is 14.3 Å². The molecule has 43 heavy (non-hydrogen) atoms. The molecule has 13 nitrogen and oxygen atoms in total. The number of piperidine rings is 1. The third-order valence-corrected chi connectivity index (χ3v) is 8.29. The lowest BCUT2D eigenvalue weighted by atomic mass is 10.0. The van der Waals surface area contributed by atoms with Gasteiger partial charge in [0.05, 0.1) is 41.5 Å². The lowest BCUT2D eigenvalue weighted by molar-refractivity contribution is 0.0929. The number of carbonyl (C=O) groups excluding carboxylic acids is 1. The molecule has 0 bridgehead atoms. The molecule has 6 rings (SSSR count). The van der Waals surface area contributed by atoms with Gasteiger partial charge in [0.2, 0.25) is 5.95 Å². The molecule has 0 atom stereocenters. The average molecular weight is 605 g/mol. The van der Waals surface area contributed by atoms with Gasteiger partial charge >= 0.3 is 0 Å². The van der Waals surface area contributed by atoms with E-state index < -0.39 is 11.5 Å². The standard InChI is InChI=1S/C29H33ClN10O3/c1-18-24(28(42)40(37(18)2)23-6-4-3-5-20(23)30)27(41)34-19-8-11-38(12-9-19)26-25(31)33-17-22(35-26)21-7-10-32-29(36-21)39-13-15-43-16-14-39/h3-7,10,17,19H,8-9,11-16H2,1-2H3,(H2,31,33)(H,34,41). The summed E-state index contributed by atoms with van der Waals surface area (Å²) in [5, 5.41) is 3.49. The molecule has 0 radical (unpaired) electrons. The highest BCUT2D eigenvalue weighted by atomic mass is 35.5. The molecule has 1 amide bonds. The van der Waals surface area contributed by atoms with E-state index in [-0.39, 0.29) is 11.6 Å². The predicted octanol–water partition coefficient (Wildman–Crippen LogP) is 2.20. The molecular formula is C29H33ClN10O3. The average Bonchev–Trinajstić information content (AvgIpc) is 3.25. The number of nitrogens with two attached hydrogens (primary N) is 1. The summed E-state index contributed by atoms with van der Waals surface area (Å²) in [6, 6.07) is 8.74. The molecule has 2 aliphatic heterocycles. The summed E-state index contributed by atoms with van der Waals surface area (Å²) in [7, 11) is 1.74. The minimum Gasteiger partial charge on any atom is -0.381 e. The van der Waals surface area contributed by atoms with Crippen LogP contribution >= 0.6 is 11.6 Å². The summed E-state index contributed by atoms with van der Waals surface area (Å²) in [6.45, 7) is 5.70. The van der Waals surface area contributed by atoms with Gasteiger partial charge < -0.3 is 25.6 Å². The fourth-order valence-corrected chi connectivity index (χ4v) is 5.73. The van der Waals surface area contributed by atoms with Crippen LogP contribution in [0.4, 0.5) is 17.6 Å². The number of hydrogen-bond donors (Lipinski definition) is 2. The van der Waals surface area contributed by atoms with E-state index in [4.69, 9.17) is 32.0 Å². The molecule has 4 aromatic rings. The molecule has 5 heterocycles. The number of halogens is 1. The zero-order valence-electron chi connectivity index (χ0n) is 24.0. The Balaban J connectivity index is 1.14. The number of benzene rings is 1. The van der Waals surface area contributed by atoms with Crippen LogP contribution in [0.2, 0.25) is 5.02 Å². The van der Waals surface area contributed by atoms with Crippen molar-refractivity contribution in [3.8, 4) is 17.1 Å². The van der Waals surface area contributed by atoms with Crippen LogP contribution in [0.5, 0.6) is 0 Å². The first-order valence-corrected chi connectivity index (χ1v) is 14.6. The fourth-order valence-electron chi connectivity index (χ4n) is 5.51. The summed E-state index contributed by atoms with van der Waals surface area (Å²) in [6.07, 6.45) is 4.64. The number of ether oxygens (including phenoxy) is 1. The van der Waals surface area contributed by atoms with E-state index in [2.05, 4.69) is 25.1 Å². The minimum absolute atomic E-state index is 0.106. The van der Waals surface area contributed by atoms with Gasteiger partial charge in [0, 0.05) is 45.5 Å². The van der Waals surface area contributed by atoms with Crippen molar-refractivity contribution in [3.05, 3.63) is 69.4 Å². The lowest BCUT2D eigenvalue weighted by Gasteiger charge is -2.33. The Bertz CT molecular complexity index is 1710. The van der Waals surface area contributed by atoms with Crippen molar-refractivity contribution in [3.63, 3.8) is 0 Å². The Morgan fingerprint density at radius 1 is 1.02 bits per heavy atom. The normalized spacial score (nSPS) is 16.0. The molecule has 0 unspecified atom stereocenters. The molecule has 2 fully saturated rings. The molecule has 2 saturated heterocycles. The van der Waals surface area contributed by atoms with Gasteiger partial charge in [0.25, 0.3) is 11.5 Å². The highest BCUT2D eigenvalue weighted by Crippen LogP contribution is 2.27. The molecule has 2 aliphatic rings. The first kappa shape index (κ1) is 28.6. The van der Waals surface area contributed by atoms with E-state index in [1.165, 1.54) is 4.68 Å². The highest BCUT2D eigenvalue weighted by molar-refractivity contribution is 6.32. The first-order valence-electron chi connectivity index (χ1n) is 14.2. The number of anilines is 3. The van der Waals surface area contributed by atoms with Crippen LogP contribution in [0.1, 0.15) is 28.9 Å². The zero-order chi connectivity index (χ0) is 30.1. The monoisotopic (exact) mass is 604 g/mol. The lowest BCUT2D eigenvalue weighted by Crippen LogP contribution is -2.46. The Kier molecular flexibility index (Phi) is 8.00. The van der Waals surface area contributed by atoms with Gasteiger partial charge in [-0.05, 0) is 38.0 Å². The van der Waals surface area contributed by atoms with E-state index in [0.717, 1.165) is 13.1 Å². The van der Waals surface area contributed by atoms with Crippen LogP contribution in [0.25, 0.3) is 17.1 Å². The smallest absolute Gasteiger partial charge is 0.284 e. The predicted molar refractivity (Wildman–Crippen MR) is 164 cm³/mol. The zero-order valence-corrected chi connectivity index (χ0v) is 24.8. The van der Waals surface area contributed by atoms with Crippen LogP contribution < -0.4 is 26.4 Å². The van der Waals surface area contributed by atoms with Crippen molar-refractivity contribution in [2.24, 2.45) is 7.05 Å². The van der Waals surface area contributed by atoms with Gasteiger partial charge in [-0.15, -0.1) is 0 Å². The van der Waals surface area contributed by atoms with Crippen molar-refractivity contribution >= 4 is 35.1 Å². The summed E-state index contributed by atoms with van der Waals surface area (Å²) < 4.78 is 8.51. The number of rotatable bonds is 6. The quantitative estimate of drug-likeness (QED) is 0.335. The maximum atomic E-state index is 13.3. The third kappa shape index (κ3) is 5.65. The molecule has 0 spiro atoms. The van der Waals surface area contributed by atoms with E-state index >= 15 is 0 Å². The molecule has 0 aliphatic carbocycles. The third-order valence-electron chi connectivity index (χ3n) is 7.97. The largest absolute Gasteiger partial charge is 0.381 e. The fraction of sp³-hybridized carbons (Fsp3) is 0.379. The Hall–Kier alpha value is -4.49. The second-order valence-corrected chi connectivity index (χ2v) is 11.0. The van der Waals surface area contributed by atoms with Gasteiger partial charge in [-0.25, -0.2) is 24.6 Å². The van der Waals surface area contributed by atoms with E-state index in [1.54, 1.807) is 61.4 Å². The van der Waals surface area contributed by atoms with Crippen LogP contribution in [-0.2, 0) is 11.8 Å². The SMILES string of the molecule is Cc1c(C(=O)NC2CCN(c3nc(-c4ccnc(N5CCOCC5)n4)cnc3N)CC2)c(=O)n(-c2ccccc2Cl)n1C. The number of nitrogen functional groups attached to an aromatic ring is 1. The Labute approximate surface area is 253 Å². The molecule has 3 N–H and O–H groups in total. The van der Waals surface area contributed by atoms with Crippen LogP contribution in [0, 0.1) is 6.92 Å². The van der Waals surface area contributed by atoms with Gasteiger partial charge in [0.1, 0.15) is 11.3 Å². The van der Waals surface area contributed by atoms with Crippen LogP contribution in [0.3, 0.4) is 0 Å². The topological polar surface area (TPSA) is 149 Å². The summed E-state index contributed by atoms with van der Waals surface area (Å²) in [5.41, 5.74) is 8.29. The van der Waals surface area contributed by atoms with E-state index in [9.17, 15) is 9.59 Å². The molecular weight excluding hydrogens is 572 g/mol. The second-order valence-electron chi connectivity index (χ2n) is 10.6. The minimum atomic E-state index is -0.413. The van der Waals surface area contributed by atoms with Gasteiger partial charge in [-0.1, -0.05) is 23.7 Å². The van der Waals surface area contributed by atoms with Crippen LogP contribution in [-0.4, -0.2) is 80.6 Å². The van der Waals surface area contributed by atoms with Crippen molar-refractivity contribution in [1.29, 1.82) is 0 Å². The van der Waals surface area contributed by atoms with Crippen molar-refractivity contribution in [1.82, 2.24) is 34.6 Å². The maximum absolute atomic E-state index is 13.3. The van der Waals surface area contributed by atoms with Crippen LogP contribution in [0.15, 0.2) is 47.5 Å². The molecule has 3 aromatic heterocycles. The van der Waals surface area contributed by atoms with Gasteiger partial charge in [-0.2, -0.15) is 0 Å². The van der Waals surface area contributed by atoms with Crippen molar-refractivity contribution in [2.45, 2.75) is 25.8 Å². The highest BCUT2D eigenvalue weighted by Gasteiger charge is 2.28. The number of amides is 1. The Morgan fingerprint density at radius 3 is 2.51 bits per heavy atom. The summed E-state index contributed by atoms with van der Waals surface area (Å²) in [4.78, 5) is 49.2. The maximum Gasteiger partial charge on any atom is 0.284 e. The van der Waals surface area contributed by atoms with E-state index in [0.29, 0.717) is 84.5 Å². The number of nitrogens with zero attached hydrogens (tertiary/aromatic N) is 8.